The molecule has 0 aromatic heterocycles. The summed E-state index contributed by atoms with van der Waals surface area (Å²) in [7, 11) is 1.81. The molecule has 17 heavy (non-hydrogen) atoms. The number of piperazine rings is 1. The van der Waals surface area contributed by atoms with Crippen LogP contribution in [0.5, 0.6) is 0 Å². The van der Waals surface area contributed by atoms with Crippen LogP contribution in [-0.4, -0.2) is 49.3 Å². The highest BCUT2D eigenvalue weighted by Crippen LogP contribution is 2.36. The van der Waals surface area contributed by atoms with Crippen LogP contribution in [0.2, 0.25) is 0 Å². The number of methoxy groups -OCH3 is 1. The van der Waals surface area contributed by atoms with Gasteiger partial charge in [0.2, 0.25) is 0 Å². The van der Waals surface area contributed by atoms with Crippen LogP contribution in [0.1, 0.15) is 46.0 Å². The molecule has 100 valence electrons. The fraction of sp³-hybridized carbons (Fsp3) is 1.00. The molecule has 0 aromatic carbocycles. The van der Waals surface area contributed by atoms with Crippen LogP contribution in [0.4, 0.5) is 0 Å². The van der Waals surface area contributed by atoms with E-state index >= 15 is 0 Å². The van der Waals surface area contributed by atoms with Crippen molar-refractivity contribution in [2.75, 3.05) is 33.4 Å². The molecule has 2 fully saturated rings. The minimum absolute atomic E-state index is 0.246. The van der Waals surface area contributed by atoms with Gasteiger partial charge >= 0.3 is 0 Å². The average molecular weight is 240 g/mol. The van der Waals surface area contributed by atoms with Gasteiger partial charge in [-0.05, 0) is 26.7 Å². The van der Waals surface area contributed by atoms with Gasteiger partial charge in [0.05, 0.1) is 6.61 Å². The first-order valence-electron chi connectivity index (χ1n) is 7.07. The number of hydrogen-bond acceptors (Lipinski definition) is 3. The van der Waals surface area contributed by atoms with Gasteiger partial charge in [-0.25, -0.2) is 0 Å². The number of nitrogens with zero attached hydrogens (tertiary/aromatic N) is 1. The van der Waals surface area contributed by atoms with Crippen molar-refractivity contribution in [1.29, 1.82) is 0 Å². The Bertz CT molecular complexity index is 247. The molecule has 0 radical (unpaired) electrons. The molecule has 1 N–H and O–H groups in total. The molecular formula is C14H28N2O. The maximum Gasteiger partial charge on any atom is 0.0589 e. The Morgan fingerprint density at radius 3 is 2.53 bits per heavy atom. The van der Waals surface area contributed by atoms with E-state index in [-0.39, 0.29) is 5.54 Å². The zero-order valence-corrected chi connectivity index (χ0v) is 11.7. The summed E-state index contributed by atoms with van der Waals surface area (Å²) < 4.78 is 5.28. The smallest absolute Gasteiger partial charge is 0.0589 e. The largest absolute Gasteiger partial charge is 0.383 e. The summed E-state index contributed by atoms with van der Waals surface area (Å²) in [6, 6.07) is 0. The highest BCUT2D eigenvalue weighted by Gasteiger charge is 2.43. The molecule has 1 spiro atoms. The lowest BCUT2D eigenvalue weighted by Crippen LogP contribution is -2.69. The molecule has 0 aromatic rings. The molecule has 0 atom stereocenters. The van der Waals surface area contributed by atoms with Crippen molar-refractivity contribution < 1.29 is 4.74 Å². The second-order valence-electron chi connectivity index (χ2n) is 6.44. The zero-order valence-electron chi connectivity index (χ0n) is 11.7. The monoisotopic (exact) mass is 240 g/mol. The normalized spacial score (nSPS) is 28.4. The minimum atomic E-state index is 0.246. The third-order valence-corrected chi connectivity index (χ3v) is 4.50. The van der Waals surface area contributed by atoms with Crippen LogP contribution < -0.4 is 5.32 Å². The second-order valence-corrected chi connectivity index (χ2v) is 6.44. The predicted molar refractivity (Wildman–Crippen MR) is 71.3 cm³/mol. The molecule has 2 aliphatic rings. The van der Waals surface area contributed by atoms with Gasteiger partial charge in [0.1, 0.15) is 0 Å². The SMILES string of the molecule is COCCN1CC(C)(C)NCC12CCCCC2. The van der Waals surface area contributed by atoms with Gasteiger partial charge in [0, 0.05) is 37.8 Å². The lowest BCUT2D eigenvalue weighted by Gasteiger charge is -2.54. The maximum absolute atomic E-state index is 5.28. The Morgan fingerprint density at radius 1 is 1.18 bits per heavy atom. The highest BCUT2D eigenvalue weighted by molar-refractivity contribution is 5.03. The molecular weight excluding hydrogens is 212 g/mol. The minimum Gasteiger partial charge on any atom is -0.383 e. The molecule has 1 saturated heterocycles. The van der Waals surface area contributed by atoms with Crippen molar-refractivity contribution in [3.05, 3.63) is 0 Å². The second kappa shape index (κ2) is 5.25. The van der Waals surface area contributed by atoms with Crippen LogP contribution in [-0.2, 0) is 4.74 Å². The molecule has 3 heteroatoms. The van der Waals surface area contributed by atoms with Crippen molar-refractivity contribution >= 4 is 0 Å². The summed E-state index contributed by atoms with van der Waals surface area (Å²) in [6.07, 6.45) is 6.93. The Balaban J connectivity index is 2.06. The number of rotatable bonds is 3. The third kappa shape index (κ3) is 3.01. The van der Waals surface area contributed by atoms with Gasteiger partial charge in [0.25, 0.3) is 0 Å². The zero-order chi connectivity index (χ0) is 12.4. The first kappa shape index (κ1) is 13.3. The van der Waals surface area contributed by atoms with Gasteiger partial charge in [-0.3, -0.25) is 4.90 Å². The molecule has 2 rings (SSSR count). The van der Waals surface area contributed by atoms with E-state index in [1.54, 1.807) is 7.11 Å². The highest BCUT2D eigenvalue weighted by atomic mass is 16.5. The Morgan fingerprint density at radius 2 is 1.88 bits per heavy atom. The van der Waals surface area contributed by atoms with E-state index in [1.165, 1.54) is 32.1 Å². The summed E-state index contributed by atoms with van der Waals surface area (Å²) in [6.45, 7) is 8.87. The van der Waals surface area contributed by atoms with E-state index in [2.05, 4.69) is 24.1 Å². The molecule has 1 aliphatic heterocycles. The third-order valence-electron chi connectivity index (χ3n) is 4.50. The van der Waals surface area contributed by atoms with E-state index in [9.17, 15) is 0 Å². The van der Waals surface area contributed by atoms with Crippen molar-refractivity contribution in [2.24, 2.45) is 0 Å². The summed E-state index contributed by atoms with van der Waals surface area (Å²) >= 11 is 0. The van der Waals surface area contributed by atoms with Crippen LogP contribution in [0.25, 0.3) is 0 Å². The van der Waals surface area contributed by atoms with Crippen molar-refractivity contribution in [3.63, 3.8) is 0 Å². The topological polar surface area (TPSA) is 24.5 Å². The lowest BCUT2D eigenvalue weighted by molar-refractivity contribution is -0.0228. The summed E-state index contributed by atoms with van der Waals surface area (Å²) in [5.41, 5.74) is 0.669. The fourth-order valence-electron chi connectivity index (χ4n) is 3.44. The maximum atomic E-state index is 5.28. The van der Waals surface area contributed by atoms with Crippen LogP contribution in [0.15, 0.2) is 0 Å². The fourth-order valence-corrected chi connectivity index (χ4v) is 3.44. The van der Waals surface area contributed by atoms with E-state index < -0.39 is 0 Å². The molecule has 1 saturated carbocycles. The predicted octanol–water partition coefficient (Wildman–Crippen LogP) is 2.02. The molecule has 1 heterocycles. The van der Waals surface area contributed by atoms with E-state index in [0.717, 1.165) is 26.2 Å². The standard InChI is InChI=1S/C14H28N2O/c1-13(2)12-16(9-10-17-3)14(11-15-13)7-5-4-6-8-14/h15H,4-12H2,1-3H3. The molecule has 1 aliphatic carbocycles. The lowest BCUT2D eigenvalue weighted by atomic mass is 9.77. The first-order valence-corrected chi connectivity index (χ1v) is 7.07. The Kier molecular flexibility index (Phi) is 4.11. The number of nitrogens with one attached hydrogen (secondary N) is 1. The van der Waals surface area contributed by atoms with E-state index in [0.29, 0.717) is 5.54 Å². The Hall–Kier alpha value is -0.120. The van der Waals surface area contributed by atoms with Crippen LogP contribution in [0.3, 0.4) is 0 Å². The van der Waals surface area contributed by atoms with Gasteiger partial charge in [0.15, 0.2) is 0 Å². The molecule has 0 bridgehead atoms. The van der Waals surface area contributed by atoms with Gasteiger partial charge < -0.3 is 10.1 Å². The van der Waals surface area contributed by atoms with Gasteiger partial charge in [-0.15, -0.1) is 0 Å². The van der Waals surface area contributed by atoms with Crippen LogP contribution in [0, 0.1) is 0 Å². The molecule has 0 amide bonds. The van der Waals surface area contributed by atoms with Crippen molar-refractivity contribution in [2.45, 2.75) is 57.0 Å². The molecule has 0 unspecified atom stereocenters. The summed E-state index contributed by atoms with van der Waals surface area (Å²) in [5.74, 6) is 0. The van der Waals surface area contributed by atoms with Gasteiger partial charge in [-0.1, -0.05) is 19.3 Å². The van der Waals surface area contributed by atoms with Crippen LogP contribution >= 0.6 is 0 Å². The Labute approximate surface area is 106 Å². The first-order chi connectivity index (χ1) is 8.08. The summed E-state index contributed by atoms with van der Waals surface area (Å²) in [5, 5.41) is 3.74. The van der Waals surface area contributed by atoms with E-state index in [1.807, 2.05) is 0 Å². The quantitative estimate of drug-likeness (QED) is 0.817. The van der Waals surface area contributed by atoms with E-state index in [4.69, 9.17) is 4.74 Å². The van der Waals surface area contributed by atoms with Gasteiger partial charge in [-0.2, -0.15) is 0 Å². The average Bonchev–Trinajstić information content (AvgIpc) is 2.32. The number of hydrogen-bond donors (Lipinski definition) is 1. The van der Waals surface area contributed by atoms with Crippen molar-refractivity contribution in [1.82, 2.24) is 10.2 Å². The number of ether oxygens (including phenoxy) is 1. The summed E-state index contributed by atoms with van der Waals surface area (Å²) in [4.78, 5) is 2.70. The molecule has 3 nitrogen and oxygen atoms in total. The van der Waals surface area contributed by atoms with Crippen molar-refractivity contribution in [3.8, 4) is 0 Å².